The zero-order valence-corrected chi connectivity index (χ0v) is 15.4. The van der Waals surface area contributed by atoms with Crippen LogP contribution >= 0.6 is 11.3 Å². The summed E-state index contributed by atoms with van der Waals surface area (Å²) < 4.78 is 27.3. The molecule has 0 aliphatic carbocycles. The largest absolute Gasteiger partial charge is 0.319 e. The van der Waals surface area contributed by atoms with Crippen LogP contribution in [0.25, 0.3) is 10.2 Å². The minimum Gasteiger partial charge on any atom is -0.319 e. The molecule has 0 atom stereocenters. The molecule has 0 spiro atoms. The van der Waals surface area contributed by atoms with E-state index in [0.29, 0.717) is 4.80 Å². The number of nitrogens with zero attached hydrogens (tertiary/aromatic N) is 2. The molecule has 2 aromatic carbocycles. The van der Waals surface area contributed by atoms with Crippen LogP contribution < -0.4 is 4.80 Å². The van der Waals surface area contributed by atoms with Crippen LogP contribution in [0.4, 0.5) is 0 Å². The molecule has 25 heavy (non-hydrogen) atoms. The monoisotopic (exact) mass is 374 g/mol. The summed E-state index contributed by atoms with van der Waals surface area (Å²) in [4.78, 5) is 17.1. The molecule has 0 saturated heterocycles. The van der Waals surface area contributed by atoms with Crippen LogP contribution in [0.2, 0.25) is 0 Å². The van der Waals surface area contributed by atoms with Gasteiger partial charge in [0.25, 0.3) is 0 Å². The molecule has 0 saturated carbocycles. The van der Waals surface area contributed by atoms with Crippen molar-refractivity contribution < 1.29 is 13.2 Å². The number of aryl methyl sites for hydroxylation is 1. The lowest BCUT2D eigenvalue weighted by Crippen LogP contribution is -2.14. The van der Waals surface area contributed by atoms with Crippen molar-refractivity contribution in [2.45, 2.75) is 17.7 Å². The van der Waals surface area contributed by atoms with Gasteiger partial charge >= 0.3 is 0 Å². The van der Waals surface area contributed by atoms with Crippen molar-refractivity contribution in [3.05, 3.63) is 59.4 Å². The first-order chi connectivity index (χ1) is 12.0. The Kier molecular flexibility index (Phi) is 5.15. The molecular formula is C18H18N2O3S2. The van der Waals surface area contributed by atoms with Gasteiger partial charge in [-0.2, -0.15) is 4.99 Å². The number of benzene rings is 2. The highest BCUT2D eigenvalue weighted by molar-refractivity contribution is 7.91. The molecule has 130 valence electrons. The van der Waals surface area contributed by atoms with E-state index in [4.69, 9.17) is 0 Å². The minimum absolute atomic E-state index is 0.0587. The van der Waals surface area contributed by atoms with Gasteiger partial charge in [0, 0.05) is 13.5 Å². The number of fused-ring (bicyclic) bond motifs is 1. The van der Waals surface area contributed by atoms with E-state index < -0.39 is 9.84 Å². The Morgan fingerprint density at radius 3 is 2.48 bits per heavy atom. The van der Waals surface area contributed by atoms with Crippen LogP contribution in [0, 0.1) is 0 Å². The Balaban J connectivity index is 1.68. The van der Waals surface area contributed by atoms with Gasteiger partial charge in [0.1, 0.15) is 0 Å². The van der Waals surface area contributed by atoms with Crippen molar-refractivity contribution in [1.82, 2.24) is 4.57 Å². The summed E-state index contributed by atoms with van der Waals surface area (Å²) in [5.74, 6) is -0.359. The zero-order valence-electron chi connectivity index (χ0n) is 13.8. The molecule has 5 nitrogen and oxygen atoms in total. The Morgan fingerprint density at radius 1 is 1.08 bits per heavy atom. The van der Waals surface area contributed by atoms with Crippen LogP contribution in [0.15, 0.2) is 64.5 Å². The Morgan fingerprint density at radius 2 is 1.76 bits per heavy atom. The smallest absolute Gasteiger partial charge is 0.248 e. The molecule has 0 N–H and O–H groups in total. The minimum atomic E-state index is -3.35. The molecule has 0 aliphatic heterocycles. The van der Waals surface area contributed by atoms with Crippen molar-refractivity contribution in [2.24, 2.45) is 12.0 Å². The van der Waals surface area contributed by atoms with Crippen molar-refractivity contribution in [1.29, 1.82) is 0 Å². The summed E-state index contributed by atoms with van der Waals surface area (Å²) in [6, 6.07) is 16.1. The fourth-order valence-electron chi connectivity index (χ4n) is 2.51. The molecule has 0 aliphatic rings. The number of aromatic nitrogens is 1. The lowest BCUT2D eigenvalue weighted by Gasteiger charge is -2.02. The average Bonchev–Trinajstić information content (AvgIpc) is 2.92. The van der Waals surface area contributed by atoms with Gasteiger partial charge in [0.05, 0.1) is 20.9 Å². The molecule has 3 rings (SSSR count). The highest BCUT2D eigenvalue weighted by Gasteiger charge is 2.14. The van der Waals surface area contributed by atoms with Gasteiger partial charge in [0.2, 0.25) is 5.91 Å². The molecule has 7 heteroatoms. The third kappa shape index (κ3) is 4.05. The second-order valence-electron chi connectivity index (χ2n) is 5.65. The Hall–Kier alpha value is -2.25. The molecule has 1 amide bonds. The number of para-hydroxylation sites is 1. The normalized spacial score (nSPS) is 12.6. The molecule has 0 fully saturated rings. The maximum atomic E-state index is 12.2. The van der Waals surface area contributed by atoms with Crippen molar-refractivity contribution in [3.8, 4) is 0 Å². The summed E-state index contributed by atoms with van der Waals surface area (Å²) in [6.45, 7) is 0. The van der Waals surface area contributed by atoms with Gasteiger partial charge in [-0.1, -0.05) is 41.7 Å². The number of amides is 1. The van der Waals surface area contributed by atoms with E-state index in [-0.39, 0.29) is 29.4 Å². The van der Waals surface area contributed by atoms with Crippen LogP contribution in [-0.4, -0.2) is 24.6 Å². The second-order valence-corrected chi connectivity index (χ2v) is 8.77. The molecular weight excluding hydrogens is 356 g/mol. The van der Waals surface area contributed by atoms with Crippen molar-refractivity contribution in [2.75, 3.05) is 5.75 Å². The van der Waals surface area contributed by atoms with E-state index in [1.807, 2.05) is 35.9 Å². The predicted molar refractivity (Wildman–Crippen MR) is 99.1 cm³/mol. The van der Waals surface area contributed by atoms with Crippen LogP contribution in [0.5, 0.6) is 0 Å². The topological polar surface area (TPSA) is 68.5 Å². The number of thiazole rings is 1. The van der Waals surface area contributed by atoms with Gasteiger partial charge in [-0.15, -0.1) is 0 Å². The standard InChI is InChI=1S/C18H18N2O3S2/c1-20-15-10-5-6-11-16(15)24-18(20)19-17(21)12-7-13-25(22,23)14-8-3-2-4-9-14/h2-6,8-11H,7,12-13H2,1H3. The average molecular weight is 374 g/mol. The van der Waals surface area contributed by atoms with Gasteiger partial charge in [-0.3, -0.25) is 4.79 Å². The maximum Gasteiger partial charge on any atom is 0.248 e. The van der Waals surface area contributed by atoms with Crippen LogP contribution in [-0.2, 0) is 21.7 Å². The van der Waals surface area contributed by atoms with E-state index in [9.17, 15) is 13.2 Å². The summed E-state index contributed by atoms with van der Waals surface area (Å²) in [7, 11) is -1.49. The van der Waals surface area contributed by atoms with Crippen LogP contribution in [0.3, 0.4) is 0 Å². The van der Waals surface area contributed by atoms with E-state index in [1.54, 1.807) is 30.3 Å². The lowest BCUT2D eigenvalue weighted by molar-refractivity contribution is -0.118. The highest BCUT2D eigenvalue weighted by atomic mass is 32.2. The molecule has 1 aromatic heterocycles. The SMILES string of the molecule is Cn1c(=NC(=O)CCCS(=O)(=O)c2ccccc2)sc2ccccc21. The van der Waals surface area contributed by atoms with E-state index >= 15 is 0 Å². The molecule has 1 heterocycles. The first-order valence-electron chi connectivity index (χ1n) is 7.87. The van der Waals surface area contributed by atoms with Gasteiger partial charge in [-0.05, 0) is 30.7 Å². The Bertz CT molecular complexity index is 1060. The third-order valence-electron chi connectivity index (χ3n) is 3.84. The number of carbonyl (C=O) groups is 1. The molecule has 3 aromatic rings. The van der Waals surface area contributed by atoms with Gasteiger partial charge in [0.15, 0.2) is 14.6 Å². The van der Waals surface area contributed by atoms with E-state index in [2.05, 4.69) is 4.99 Å². The number of carbonyl (C=O) groups excluding carboxylic acids is 1. The number of hydrogen-bond donors (Lipinski definition) is 0. The summed E-state index contributed by atoms with van der Waals surface area (Å²) in [6.07, 6.45) is 0.370. The van der Waals surface area contributed by atoms with E-state index in [0.717, 1.165) is 10.2 Å². The highest BCUT2D eigenvalue weighted by Crippen LogP contribution is 2.15. The predicted octanol–water partition coefficient (Wildman–Crippen LogP) is 2.92. The van der Waals surface area contributed by atoms with Crippen molar-refractivity contribution in [3.63, 3.8) is 0 Å². The number of hydrogen-bond acceptors (Lipinski definition) is 4. The van der Waals surface area contributed by atoms with Crippen LogP contribution in [0.1, 0.15) is 12.8 Å². The summed E-state index contributed by atoms with van der Waals surface area (Å²) >= 11 is 1.45. The lowest BCUT2D eigenvalue weighted by atomic mass is 10.3. The third-order valence-corrected chi connectivity index (χ3v) is 6.77. The number of rotatable bonds is 5. The zero-order chi connectivity index (χ0) is 17.9. The Labute approximate surface area is 150 Å². The molecule has 0 bridgehead atoms. The van der Waals surface area contributed by atoms with Gasteiger partial charge < -0.3 is 4.57 Å². The van der Waals surface area contributed by atoms with E-state index in [1.165, 1.54) is 11.3 Å². The fraction of sp³-hybridized carbons (Fsp3) is 0.222. The molecule has 0 unspecified atom stereocenters. The number of sulfone groups is 1. The maximum absolute atomic E-state index is 12.2. The second kappa shape index (κ2) is 7.33. The quantitative estimate of drug-likeness (QED) is 0.689. The first-order valence-corrected chi connectivity index (χ1v) is 10.3. The molecule has 0 radical (unpaired) electrons. The first kappa shape index (κ1) is 17.6. The van der Waals surface area contributed by atoms with Crippen molar-refractivity contribution >= 4 is 37.3 Å². The van der Waals surface area contributed by atoms with Gasteiger partial charge in [-0.25, -0.2) is 8.42 Å². The summed E-state index contributed by atoms with van der Waals surface area (Å²) in [5, 5.41) is 0. The fourth-order valence-corrected chi connectivity index (χ4v) is 4.88. The summed E-state index contributed by atoms with van der Waals surface area (Å²) in [5.41, 5.74) is 1.02.